The van der Waals surface area contributed by atoms with Crippen LogP contribution in [0.4, 0.5) is 22.7 Å². The molecule has 288 valence electrons. The lowest BCUT2D eigenvalue weighted by Crippen LogP contribution is -2.61. The standard InChI is InChI=1S/C56H36BN5/c1-4-17-37(18-5-1)55-46-25-10-13-28-49(46)58-56(59-55)60-50-29-14-11-24-43(50)47-35-38(31-33-51(47)60)39-32-34-53-48(36-39)45-27-16-26-44-42-23-12-15-30-52(42)61(40-19-6-2-7-20-40)57(54(44)45)62(53)41-21-8-3-9-22-41/h1-36H. The molecule has 13 rings (SSSR count). The van der Waals surface area contributed by atoms with Crippen molar-refractivity contribution in [1.82, 2.24) is 14.5 Å². The fraction of sp³-hybridized carbons (Fsp3) is 0. The molecule has 9 aromatic carbocycles. The number of anilines is 4. The summed E-state index contributed by atoms with van der Waals surface area (Å²) in [6, 6.07) is 78.6. The van der Waals surface area contributed by atoms with Gasteiger partial charge in [-0.2, -0.15) is 0 Å². The number of benzene rings is 9. The van der Waals surface area contributed by atoms with Crippen molar-refractivity contribution in [2.24, 2.45) is 0 Å². The largest absolute Gasteiger partial charge is 0.421 e. The van der Waals surface area contributed by atoms with E-state index in [1.165, 1.54) is 39.1 Å². The minimum atomic E-state index is -0.110. The van der Waals surface area contributed by atoms with E-state index < -0.39 is 0 Å². The molecule has 0 aliphatic carbocycles. The van der Waals surface area contributed by atoms with Crippen molar-refractivity contribution in [3.8, 4) is 50.6 Å². The third-order valence-corrected chi connectivity index (χ3v) is 12.8. The number of hydrogen-bond acceptors (Lipinski definition) is 4. The summed E-state index contributed by atoms with van der Waals surface area (Å²) >= 11 is 0. The van der Waals surface area contributed by atoms with Crippen LogP contribution in [0.15, 0.2) is 218 Å². The summed E-state index contributed by atoms with van der Waals surface area (Å²) in [6.45, 7) is -0.110. The average Bonchev–Trinajstić information content (AvgIpc) is 3.68. The van der Waals surface area contributed by atoms with E-state index in [0.29, 0.717) is 5.95 Å². The first kappa shape index (κ1) is 34.6. The van der Waals surface area contributed by atoms with Crippen LogP contribution >= 0.6 is 0 Å². The minimum Gasteiger partial charge on any atom is -0.361 e. The summed E-state index contributed by atoms with van der Waals surface area (Å²) in [5.41, 5.74) is 18.3. The summed E-state index contributed by atoms with van der Waals surface area (Å²) in [6.07, 6.45) is 0. The second kappa shape index (κ2) is 13.7. The summed E-state index contributed by atoms with van der Waals surface area (Å²) in [7, 11) is 0. The molecule has 2 aliphatic heterocycles. The molecule has 0 amide bonds. The predicted molar refractivity (Wildman–Crippen MR) is 258 cm³/mol. The summed E-state index contributed by atoms with van der Waals surface area (Å²) in [5.74, 6) is 0.658. The highest BCUT2D eigenvalue weighted by molar-refractivity contribution is 6.86. The maximum Gasteiger partial charge on any atom is 0.421 e. The molecule has 11 aromatic rings. The van der Waals surface area contributed by atoms with E-state index in [0.717, 1.165) is 66.5 Å². The number of para-hydroxylation sites is 5. The topological polar surface area (TPSA) is 37.2 Å². The fourth-order valence-corrected chi connectivity index (χ4v) is 10.1. The third kappa shape index (κ3) is 5.17. The van der Waals surface area contributed by atoms with E-state index >= 15 is 0 Å². The lowest BCUT2D eigenvalue weighted by atomic mass is 9.53. The van der Waals surface area contributed by atoms with Crippen LogP contribution in [-0.2, 0) is 0 Å². The molecule has 62 heavy (non-hydrogen) atoms. The van der Waals surface area contributed by atoms with Crippen LogP contribution in [0, 0.1) is 0 Å². The average molecular weight is 790 g/mol. The molecule has 5 nitrogen and oxygen atoms in total. The van der Waals surface area contributed by atoms with Crippen molar-refractivity contribution in [2.75, 3.05) is 9.62 Å². The molecule has 0 fully saturated rings. The van der Waals surface area contributed by atoms with Gasteiger partial charge in [0, 0.05) is 55.6 Å². The molecule has 0 spiro atoms. The molecule has 0 bridgehead atoms. The fourth-order valence-electron chi connectivity index (χ4n) is 10.1. The maximum atomic E-state index is 5.30. The van der Waals surface area contributed by atoms with Crippen LogP contribution < -0.4 is 15.1 Å². The SMILES string of the molecule is c1ccc(-c2nc(-n3c4ccccc4c4cc(-c5ccc6c(c5)-c5cccc7c5B(N(c5ccccc5)c5ccccc5-7)N6c5ccccc5)ccc43)nc3ccccc23)cc1. The number of rotatable bonds is 5. The summed E-state index contributed by atoms with van der Waals surface area (Å²) < 4.78 is 2.23. The van der Waals surface area contributed by atoms with Gasteiger partial charge in [-0.25, -0.2) is 9.97 Å². The Balaban J connectivity index is 1.01. The van der Waals surface area contributed by atoms with E-state index in [-0.39, 0.29) is 6.98 Å². The molecule has 4 heterocycles. The number of hydrogen-bond donors (Lipinski definition) is 0. The van der Waals surface area contributed by atoms with Gasteiger partial charge in [0.1, 0.15) is 0 Å². The molecule has 0 N–H and O–H groups in total. The van der Waals surface area contributed by atoms with Crippen LogP contribution in [0.1, 0.15) is 0 Å². The number of fused-ring (bicyclic) bond motifs is 8. The Labute approximate surface area is 359 Å². The lowest BCUT2D eigenvalue weighted by molar-refractivity contribution is 1.01. The van der Waals surface area contributed by atoms with Crippen molar-refractivity contribution in [3.63, 3.8) is 0 Å². The maximum absolute atomic E-state index is 5.30. The van der Waals surface area contributed by atoms with Gasteiger partial charge in [0.25, 0.3) is 0 Å². The summed E-state index contributed by atoms with van der Waals surface area (Å²) in [5, 5.41) is 3.36. The van der Waals surface area contributed by atoms with Crippen LogP contribution in [0.3, 0.4) is 0 Å². The van der Waals surface area contributed by atoms with Crippen molar-refractivity contribution < 1.29 is 0 Å². The Hall–Kier alpha value is -8.22. The Morgan fingerprint density at radius 2 is 0.919 bits per heavy atom. The molecular formula is C56H36BN5. The first-order valence-electron chi connectivity index (χ1n) is 21.2. The molecule has 0 radical (unpaired) electrons. The Bertz CT molecular complexity index is 3550. The highest BCUT2D eigenvalue weighted by Gasteiger charge is 2.46. The smallest absolute Gasteiger partial charge is 0.361 e. The second-order valence-corrected chi connectivity index (χ2v) is 16.1. The van der Waals surface area contributed by atoms with Crippen molar-refractivity contribution in [2.45, 2.75) is 0 Å². The quantitative estimate of drug-likeness (QED) is 0.163. The Kier molecular flexibility index (Phi) is 7.63. The zero-order chi connectivity index (χ0) is 40.7. The molecule has 2 aliphatic rings. The van der Waals surface area contributed by atoms with Gasteiger partial charge < -0.3 is 9.62 Å². The van der Waals surface area contributed by atoms with Crippen LogP contribution in [0.2, 0.25) is 0 Å². The van der Waals surface area contributed by atoms with Gasteiger partial charge in [0.05, 0.1) is 22.2 Å². The minimum absolute atomic E-state index is 0.110. The highest BCUT2D eigenvalue weighted by Crippen LogP contribution is 2.49. The van der Waals surface area contributed by atoms with Crippen LogP contribution in [-0.4, -0.2) is 21.5 Å². The first-order chi connectivity index (χ1) is 30.8. The van der Waals surface area contributed by atoms with E-state index in [4.69, 9.17) is 9.97 Å². The zero-order valence-electron chi connectivity index (χ0n) is 33.6. The summed E-state index contributed by atoms with van der Waals surface area (Å²) in [4.78, 5) is 15.6. The van der Waals surface area contributed by atoms with Crippen LogP contribution in [0.25, 0.3) is 83.3 Å². The lowest BCUT2D eigenvalue weighted by Gasteiger charge is -2.47. The monoisotopic (exact) mass is 789 g/mol. The number of aromatic nitrogens is 3. The molecule has 0 atom stereocenters. The molecule has 2 aromatic heterocycles. The van der Waals surface area contributed by atoms with Gasteiger partial charge in [0.2, 0.25) is 5.95 Å². The Morgan fingerprint density at radius 3 is 1.69 bits per heavy atom. The van der Waals surface area contributed by atoms with Gasteiger partial charge in [-0.15, -0.1) is 0 Å². The van der Waals surface area contributed by atoms with Gasteiger partial charge in [-0.3, -0.25) is 4.57 Å². The van der Waals surface area contributed by atoms with Gasteiger partial charge in [0.15, 0.2) is 0 Å². The molecule has 0 saturated heterocycles. The van der Waals surface area contributed by atoms with Crippen molar-refractivity contribution in [3.05, 3.63) is 218 Å². The second-order valence-electron chi connectivity index (χ2n) is 16.1. The van der Waals surface area contributed by atoms with Gasteiger partial charge in [-0.05, 0) is 94.4 Å². The predicted octanol–water partition coefficient (Wildman–Crippen LogP) is 13.4. The molecule has 0 saturated carbocycles. The Morgan fingerprint density at radius 1 is 0.355 bits per heavy atom. The molecule has 0 unspecified atom stereocenters. The third-order valence-electron chi connectivity index (χ3n) is 12.8. The molecular weight excluding hydrogens is 753 g/mol. The highest BCUT2D eigenvalue weighted by atomic mass is 15.2. The van der Waals surface area contributed by atoms with E-state index in [1.54, 1.807) is 0 Å². The van der Waals surface area contributed by atoms with Crippen molar-refractivity contribution >= 4 is 67.9 Å². The van der Waals surface area contributed by atoms with Crippen LogP contribution in [0.5, 0.6) is 0 Å². The van der Waals surface area contributed by atoms with Gasteiger partial charge in [-0.1, -0.05) is 152 Å². The van der Waals surface area contributed by atoms with E-state index in [2.05, 4.69) is 220 Å². The number of nitrogens with zero attached hydrogens (tertiary/aromatic N) is 5. The van der Waals surface area contributed by atoms with Gasteiger partial charge >= 0.3 is 6.98 Å². The van der Waals surface area contributed by atoms with Crippen molar-refractivity contribution in [1.29, 1.82) is 0 Å². The zero-order valence-corrected chi connectivity index (χ0v) is 33.6. The normalized spacial score (nSPS) is 12.7. The van der Waals surface area contributed by atoms with E-state index in [9.17, 15) is 0 Å². The molecule has 6 heteroatoms. The van der Waals surface area contributed by atoms with E-state index in [1.807, 2.05) is 12.1 Å². The first-order valence-corrected chi connectivity index (χ1v) is 21.2.